The zero-order chi connectivity index (χ0) is 19.4. The molecule has 5 heteroatoms. The summed E-state index contributed by atoms with van der Waals surface area (Å²) in [5.41, 5.74) is 1.64. The summed E-state index contributed by atoms with van der Waals surface area (Å²) in [5, 5.41) is 10.2. The van der Waals surface area contributed by atoms with Crippen molar-refractivity contribution < 1.29 is 9.52 Å². The number of furan rings is 1. The average molecular weight is 384 g/mol. The number of piperidine rings is 2. The molecule has 0 aliphatic carbocycles. The van der Waals surface area contributed by atoms with Crippen molar-refractivity contribution in [3.8, 4) is 0 Å². The van der Waals surface area contributed by atoms with Gasteiger partial charge in [0.25, 0.3) is 0 Å². The Morgan fingerprint density at radius 1 is 1.00 bits per heavy atom. The van der Waals surface area contributed by atoms with E-state index < -0.39 is 0 Å². The summed E-state index contributed by atoms with van der Waals surface area (Å²) < 4.78 is 5.90. The number of pyridine rings is 1. The van der Waals surface area contributed by atoms with Gasteiger partial charge < -0.3 is 9.52 Å². The molecule has 5 nitrogen and oxygen atoms in total. The molecule has 2 aliphatic heterocycles. The van der Waals surface area contributed by atoms with E-state index in [0.717, 1.165) is 57.2 Å². The molecule has 152 valence electrons. The first-order valence-electron chi connectivity index (χ1n) is 10.7. The predicted octanol–water partition coefficient (Wildman–Crippen LogP) is 3.33. The second-order valence-corrected chi connectivity index (χ2v) is 8.58. The van der Waals surface area contributed by atoms with Gasteiger partial charge in [-0.25, -0.2) is 0 Å². The van der Waals surface area contributed by atoms with Gasteiger partial charge in [0, 0.05) is 44.4 Å². The topological polar surface area (TPSA) is 52.7 Å². The van der Waals surface area contributed by atoms with Crippen LogP contribution in [0, 0.1) is 11.3 Å². The predicted molar refractivity (Wildman–Crippen MR) is 110 cm³/mol. The maximum atomic E-state index is 10.2. The van der Waals surface area contributed by atoms with Crippen molar-refractivity contribution in [3.63, 3.8) is 0 Å². The lowest BCUT2D eigenvalue weighted by atomic mass is 9.64. The molecular formula is C23H33N3O2. The van der Waals surface area contributed by atoms with E-state index in [2.05, 4.69) is 46.0 Å². The number of hydrogen-bond donors (Lipinski definition) is 1. The van der Waals surface area contributed by atoms with Crippen molar-refractivity contribution in [1.82, 2.24) is 14.8 Å². The zero-order valence-electron chi connectivity index (χ0n) is 17.0. The molecule has 2 saturated heterocycles. The molecule has 4 heterocycles. The molecule has 0 saturated carbocycles. The first-order valence-corrected chi connectivity index (χ1v) is 10.7. The molecule has 2 fully saturated rings. The van der Waals surface area contributed by atoms with Gasteiger partial charge in [-0.05, 0) is 74.1 Å². The van der Waals surface area contributed by atoms with Crippen molar-refractivity contribution in [3.05, 3.63) is 53.7 Å². The first-order chi connectivity index (χ1) is 13.7. The molecule has 0 amide bonds. The van der Waals surface area contributed by atoms with Crippen LogP contribution in [0.25, 0.3) is 0 Å². The fraction of sp³-hybridized carbons (Fsp3) is 0.609. The molecule has 2 aliphatic rings. The van der Waals surface area contributed by atoms with E-state index in [1.54, 1.807) is 0 Å². The molecule has 2 aromatic rings. The summed E-state index contributed by atoms with van der Waals surface area (Å²) in [7, 11) is 0. The Morgan fingerprint density at radius 3 is 2.32 bits per heavy atom. The van der Waals surface area contributed by atoms with Crippen molar-refractivity contribution in [2.24, 2.45) is 11.3 Å². The van der Waals surface area contributed by atoms with Gasteiger partial charge in [-0.1, -0.05) is 6.92 Å². The van der Waals surface area contributed by atoms with Crippen LogP contribution in [0.2, 0.25) is 0 Å². The summed E-state index contributed by atoms with van der Waals surface area (Å²) in [5.74, 6) is 2.48. The third-order valence-corrected chi connectivity index (χ3v) is 6.94. The quantitative estimate of drug-likeness (QED) is 0.829. The van der Waals surface area contributed by atoms with Gasteiger partial charge in [-0.3, -0.25) is 14.8 Å². The number of aliphatic hydroxyl groups is 1. The normalized spacial score (nSPS) is 23.3. The Labute approximate surface area is 168 Å². The lowest BCUT2D eigenvalue weighted by Crippen LogP contribution is -2.53. The van der Waals surface area contributed by atoms with Gasteiger partial charge in [0.15, 0.2) is 0 Å². The highest BCUT2D eigenvalue weighted by Gasteiger charge is 2.44. The number of aryl methyl sites for hydroxylation is 1. The molecule has 4 rings (SSSR count). The Hall–Kier alpha value is -1.69. The largest absolute Gasteiger partial charge is 0.465 e. The zero-order valence-corrected chi connectivity index (χ0v) is 17.0. The Kier molecular flexibility index (Phi) is 6.14. The fourth-order valence-electron chi connectivity index (χ4n) is 5.06. The highest BCUT2D eigenvalue weighted by atomic mass is 16.3. The molecule has 0 aromatic carbocycles. The van der Waals surface area contributed by atoms with Gasteiger partial charge in [-0.15, -0.1) is 0 Å². The average Bonchev–Trinajstić information content (AvgIpc) is 3.19. The molecule has 1 N–H and O–H groups in total. The third-order valence-electron chi connectivity index (χ3n) is 6.94. The minimum absolute atomic E-state index is 0.291. The minimum Gasteiger partial charge on any atom is -0.465 e. The molecule has 1 atom stereocenters. The minimum atomic E-state index is 0.291. The van der Waals surface area contributed by atoms with Gasteiger partial charge in [0.1, 0.15) is 11.5 Å². The van der Waals surface area contributed by atoms with E-state index >= 15 is 0 Å². The van der Waals surface area contributed by atoms with E-state index in [1.807, 2.05) is 12.4 Å². The van der Waals surface area contributed by atoms with Gasteiger partial charge in [0.2, 0.25) is 0 Å². The SMILES string of the molecule is CCc1ccc(CN2CCC3(CCN(Cc4ccncc4)CC3)[C@@H](CO)C2)o1. The molecule has 0 bridgehead atoms. The van der Waals surface area contributed by atoms with Crippen LogP contribution in [0.4, 0.5) is 0 Å². The van der Waals surface area contributed by atoms with Crippen molar-refractivity contribution >= 4 is 0 Å². The smallest absolute Gasteiger partial charge is 0.118 e. The maximum Gasteiger partial charge on any atom is 0.118 e. The van der Waals surface area contributed by atoms with E-state index in [-0.39, 0.29) is 0 Å². The summed E-state index contributed by atoms with van der Waals surface area (Å²) in [6.45, 7) is 8.60. The summed E-state index contributed by atoms with van der Waals surface area (Å²) in [4.78, 5) is 9.13. The molecule has 0 unspecified atom stereocenters. The van der Waals surface area contributed by atoms with Crippen LogP contribution in [0.1, 0.15) is 43.3 Å². The number of rotatable bonds is 6. The van der Waals surface area contributed by atoms with E-state index in [4.69, 9.17) is 4.42 Å². The molecular weight excluding hydrogens is 350 g/mol. The number of aliphatic hydroxyl groups excluding tert-OH is 1. The summed E-state index contributed by atoms with van der Waals surface area (Å²) in [6.07, 6.45) is 8.26. The maximum absolute atomic E-state index is 10.2. The first kappa shape index (κ1) is 19.6. The van der Waals surface area contributed by atoms with Crippen LogP contribution in [-0.2, 0) is 19.5 Å². The second-order valence-electron chi connectivity index (χ2n) is 8.58. The second kappa shape index (κ2) is 8.76. The Bertz CT molecular complexity index is 737. The van der Waals surface area contributed by atoms with Gasteiger partial charge in [0.05, 0.1) is 6.54 Å². The van der Waals surface area contributed by atoms with Crippen LogP contribution < -0.4 is 0 Å². The van der Waals surface area contributed by atoms with Crippen LogP contribution in [0.5, 0.6) is 0 Å². The Balaban J connectivity index is 1.33. The van der Waals surface area contributed by atoms with Gasteiger partial charge >= 0.3 is 0 Å². The highest BCUT2D eigenvalue weighted by molar-refractivity contribution is 5.10. The van der Waals surface area contributed by atoms with Crippen LogP contribution in [0.3, 0.4) is 0 Å². The number of likely N-dealkylation sites (tertiary alicyclic amines) is 2. The standard InChI is InChI=1S/C23H33N3O2/c1-2-21-3-4-22(28-21)17-26-14-9-23(20(16-26)18-27)7-12-25(13-8-23)15-19-5-10-24-11-6-19/h3-6,10-11,20,27H,2,7-9,12-18H2,1H3/t20-/m1/s1. The molecule has 1 spiro atoms. The van der Waals surface area contributed by atoms with Crippen LogP contribution >= 0.6 is 0 Å². The van der Waals surface area contributed by atoms with Crippen molar-refractivity contribution in [2.75, 3.05) is 32.8 Å². The van der Waals surface area contributed by atoms with Gasteiger partial charge in [-0.2, -0.15) is 0 Å². The summed E-state index contributed by atoms with van der Waals surface area (Å²) >= 11 is 0. The number of nitrogens with zero attached hydrogens (tertiary/aromatic N) is 3. The number of aromatic nitrogens is 1. The number of hydrogen-bond acceptors (Lipinski definition) is 5. The highest BCUT2D eigenvalue weighted by Crippen LogP contribution is 2.45. The molecule has 28 heavy (non-hydrogen) atoms. The lowest BCUT2D eigenvalue weighted by molar-refractivity contribution is -0.0462. The van der Waals surface area contributed by atoms with Crippen molar-refractivity contribution in [2.45, 2.75) is 45.7 Å². The lowest BCUT2D eigenvalue weighted by Gasteiger charge is -2.51. The van der Waals surface area contributed by atoms with Crippen LogP contribution in [-0.4, -0.2) is 52.7 Å². The van der Waals surface area contributed by atoms with Crippen molar-refractivity contribution in [1.29, 1.82) is 0 Å². The van der Waals surface area contributed by atoms with E-state index in [0.29, 0.717) is 17.9 Å². The molecule has 2 aromatic heterocycles. The third kappa shape index (κ3) is 4.32. The Morgan fingerprint density at radius 2 is 1.68 bits per heavy atom. The van der Waals surface area contributed by atoms with Crippen LogP contribution in [0.15, 0.2) is 41.1 Å². The summed E-state index contributed by atoms with van der Waals surface area (Å²) in [6, 6.07) is 8.41. The monoisotopic (exact) mass is 383 g/mol. The molecule has 0 radical (unpaired) electrons. The fourth-order valence-corrected chi connectivity index (χ4v) is 5.06. The van der Waals surface area contributed by atoms with E-state index in [9.17, 15) is 5.11 Å². The van der Waals surface area contributed by atoms with E-state index in [1.165, 1.54) is 24.8 Å².